The topological polar surface area (TPSA) is 12.0 Å². The summed E-state index contributed by atoms with van der Waals surface area (Å²) in [6.45, 7) is 5.41. The van der Waals surface area contributed by atoms with Crippen LogP contribution in [0.25, 0.3) is 0 Å². The first kappa shape index (κ1) is 11.6. The van der Waals surface area contributed by atoms with E-state index in [1.165, 1.54) is 25.3 Å². The van der Waals surface area contributed by atoms with Crippen molar-refractivity contribution < 1.29 is 4.39 Å². The molecule has 2 rings (SSSR count). The van der Waals surface area contributed by atoms with Crippen molar-refractivity contribution in [2.24, 2.45) is 5.41 Å². The minimum atomic E-state index is -0.147. The van der Waals surface area contributed by atoms with Gasteiger partial charge in [-0.25, -0.2) is 4.39 Å². The third-order valence-corrected chi connectivity index (χ3v) is 3.45. The van der Waals surface area contributed by atoms with Crippen molar-refractivity contribution in [1.29, 1.82) is 0 Å². The highest BCUT2D eigenvalue weighted by molar-refractivity contribution is 5.16. The second-order valence-corrected chi connectivity index (χ2v) is 5.61. The van der Waals surface area contributed by atoms with Crippen molar-refractivity contribution in [2.75, 3.05) is 0 Å². The Morgan fingerprint density at radius 2 is 2.25 bits per heavy atom. The number of rotatable bonds is 3. The van der Waals surface area contributed by atoms with Crippen molar-refractivity contribution in [2.45, 2.75) is 45.7 Å². The number of nitrogens with one attached hydrogen (secondary N) is 1. The normalized spacial score (nSPS) is 23.6. The van der Waals surface area contributed by atoms with Crippen LogP contribution < -0.4 is 5.32 Å². The first-order valence-electron chi connectivity index (χ1n) is 6.03. The zero-order valence-electron chi connectivity index (χ0n) is 10.1. The van der Waals surface area contributed by atoms with Gasteiger partial charge in [0.05, 0.1) is 0 Å². The zero-order valence-corrected chi connectivity index (χ0v) is 10.1. The highest BCUT2D eigenvalue weighted by Gasteiger charge is 2.30. The third-order valence-electron chi connectivity index (χ3n) is 3.45. The SMILES string of the molecule is CC1(C)CCC(NCc2cccc(F)c2)C1. The molecule has 0 radical (unpaired) electrons. The second kappa shape index (κ2) is 4.54. The van der Waals surface area contributed by atoms with E-state index in [9.17, 15) is 4.39 Å². The molecule has 1 aliphatic rings. The summed E-state index contributed by atoms with van der Waals surface area (Å²) in [6.07, 6.45) is 3.75. The van der Waals surface area contributed by atoms with Crippen LogP contribution in [0.5, 0.6) is 0 Å². The highest BCUT2D eigenvalue weighted by Crippen LogP contribution is 2.36. The van der Waals surface area contributed by atoms with Crippen LogP contribution in [-0.2, 0) is 6.54 Å². The Bertz CT molecular complexity index is 360. The van der Waals surface area contributed by atoms with Crippen LogP contribution in [0.3, 0.4) is 0 Å². The van der Waals surface area contributed by atoms with Gasteiger partial charge in [0, 0.05) is 12.6 Å². The van der Waals surface area contributed by atoms with Crippen LogP contribution in [0.2, 0.25) is 0 Å². The van der Waals surface area contributed by atoms with Crippen LogP contribution in [0, 0.1) is 11.2 Å². The molecule has 1 N–H and O–H groups in total. The molecule has 0 amide bonds. The van der Waals surface area contributed by atoms with E-state index in [1.54, 1.807) is 12.1 Å². The van der Waals surface area contributed by atoms with E-state index in [0.29, 0.717) is 11.5 Å². The van der Waals surface area contributed by atoms with Crippen molar-refractivity contribution in [1.82, 2.24) is 5.32 Å². The third kappa shape index (κ3) is 3.05. The average molecular weight is 221 g/mol. The summed E-state index contributed by atoms with van der Waals surface area (Å²) < 4.78 is 13.0. The van der Waals surface area contributed by atoms with Gasteiger partial charge in [0.15, 0.2) is 0 Å². The van der Waals surface area contributed by atoms with E-state index in [-0.39, 0.29) is 5.82 Å². The van der Waals surface area contributed by atoms with Gasteiger partial charge in [-0.2, -0.15) is 0 Å². The standard InChI is InChI=1S/C14H20FN/c1-14(2)7-6-13(9-14)16-10-11-4-3-5-12(15)8-11/h3-5,8,13,16H,6-7,9-10H2,1-2H3. The molecule has 1 nitrogen and oxygen atoms in total. The van der Waals surface area contributed by atoms with Crippen LogP contribution >= 0.6 is 0 Å². The van der Waals surface area contributed by atoms with Crippen LogP contribution in [0.1, 0.15) is 38.7 Å². The maximum atomic E-state index is 13.0. The molecule has 88 valence electrons. The van der Waals surface area contributed by atoms with Gasteiger partial charge in [-0.05, 0) is 42.4 Å². The molecule has 1 aromatic rings. The van der Waals surface area contributed by atoms with E-state index in [1.807, 2.05) is 6.07 Å². The monoisotopic (exact) mass is 221 g/mol. The van der Waals surface area contributed by atoms with E-state index in [0.717, 1.165) is 12.1 Å². The Hall–Kier alpha value is -0.890. The lowest BCUT2D eigenvalue weighted by Crippen LogP contribution is -2.26. The summed E-state index contributed by atoms with van der Waals surface area (Å²) in [4.78, 5) is 0. The first-order chi connectivity index (χ1) is 7.55. The molecule has 0 aliphatic heterocycles. The number of hydrogen-bond donors (Lipinski definition) is 1. The molecule has 1 atom stereocenters. The predicted octanol–water partition coefficient (Wildman–Crippen LogP) is 3.49. The molecule has 1 unspecified atom stereocenters. The molecule has 1 fully saturated rings. The van der Waals surface area contributed by atoms with Crippen molar-refractivity contribution in [3.8, 4) is 0 Å². The smallest absolute Gasteiger partial charge is 0.123 e. The summed E-state index contributed by atoms with van der Waals surface area (Å²) in [5.74, 6) is -0.147. The van der Waals surface area contributed by atoms with Crippen molar-refractivity contribution in [3.63, 3.8) is 0 Å². The lowest BCUT2D eigenvalue weighted by atomic mass is 9.92. The molecule has 0 bridgehead atoms. The zero-order chi connectivity index (χ0) is 11.6. The molecule has 1 aromatic carbocycles. The quantitative estimate of drug-likeness (QED) is 0.823. The molecule has 0 spiro atoms. The van der Waals surface area contributed by atoms with Gasteiger partial charge in [0.25, 0.3) is 0 Å². The van der Waals surface area contributed by atoms with Crippen LogP contribution in [0.15, 0.2) is 24.3 Å². The van der Waals surface area contributed by atoms with E-state index >= 15 is 0 Å². The molecular weight excluding hydrogens is 201 g/mol. The van der Waals surface area contributed by atoms with Crippen molar-refractivity contribution in [3.05, 3.63) is 35.6 Å². The summed E-state index contributed by atoms with van der Waals surface area (Å²) in [6, 6.07) is 7.43. The summed E-state index contributed by atoms with van der Waals surface area (Å²) in [7, 11) is 0. The van der Waals surface area contributed by atoms with Crippen LogP contribution in [-0.4, -0.2) is 6.04 Å². The summed E-state index contributed by atoms with van der Waals surface area (Å²) in [5, 5.41) is 3.51. The Morgan fingerprint density at radius 1 is 1.44 bits per heavy atom. The lowest BCUT2D eigenvalue weighted by Gasteiger charge is -2.17. The van der Waals surface area contributed by atoms with E-state index in [2.05, 4.69) is 19.2 Å². The molecule has 2 heteroatoms. The van der Waals surface area contributed by atoms with Gasteiger partial charge >= 0.3 is 0 Å². The molecule has 0 saturated heterocycles. The fourth-order valence-electron chi connectivity index (χ4n) is 2.52. The molecular formula is C14H20FN. The van der Waals surface area contributed by atoms with Gasteiger partial charge in [0.1, 0.15) is 5.82 Å². The highest BCUT2D eigenvalue weighted by atomic mass is 19.1. The maximum absolute atomic E-state index is 13.0. The number of benzene rings is 1. The maximum Gasteiger partial charge on any atom is 0.123 e. The largest absolute Gasteiger partial charge is 0.310 e. The molecule has 0 heterocycles. The van der Waals surface area contributed by atoms with Gasteiger partial charge in [-0.15, -0.1) is 0 Å². The number of hydrogen-bond acceptors (Lipinski definition) is 1. The van der Waals surface area contributed by atoms with Gasteiger partial charge in [0.2, 0.25) is 0 Å². The van der Waals surface area contributed by atoms with Crippen molar-refractivity contribution >= 4 is 0 Å². The Kier molecular flexibility index (Phi) is 3.29. The number of halogens is 1. The second-order valence-electron chi connectivity index (χ2n) is 5.61. The fourth-order valence-corrected chi connectivity index (χ4v) is 2.52. The average Bonchev–Trinajstić information content (AvgIpc) is 2.56. The summed E-state index contributed by atoms with van der Waals surface area (Å²) >= 11 is 0. The minimum absolute atomic E-state index is 0.147. The van der Waals surface area contributed by atoms with Gasteiger partial charge in [-0.1, -0.05) is 26.0 Å². The van der Waals surface area contributed by atoms with Gasteiger partial charge < -0.3 is 5.32 Å². The predicted molar refractivity (Wildman–Crippen MR) is 64.7 cm³/mol. The molecule has 1 aliphatic carbocycles. The summed E-state index contributed by atoms with van der Waals surface area (Å²) in [5.41, 5.74) is 1.50. The van der Waals surface area contributed by atoms with Gasteiger partial charge in [-0.3, -0.25) is 0 Å². The fraction of sp³-hybridized carbons (Fsp3) is 0.571. The van der Waals surface area contributed by atoms with E-state index in [4.69, 9.17) is 0 Å². The van der Waals surface area contributed by atoms with Crippen LogP contribution in [0.4, 0.5) is 4.39 Å². The molecule has 16 heavy (non-hydrogen) atoms. The molecule has 0 aromatic heterocycles. The lowest BCUT2D eigenvalue weighted by molar-refractivity contribution is 0.364. The minimum Gasteiger partial charge on any atom is -0.310 e. The Morgan fingerprint density at radius 3 is 2.88 bits per heavy atom. The molecule has 1 saturated carbocycles. The first-order valence-corrected chi connectivity index (χ1v) is 6.03. The Labute approximate surface area is 97.1 Å². The van der Waals surface area contributed by atoms with E-state index < -0.39 is 0 Å². The Balaban J connectivity index is 1.84.